The normalized spacial score (nSPS) is 12.2. The van der Waals surface area contributed by atoms with Crippen LogP contribution in [0.5, 0.6) is 17.2 Å². The summed E-state index contributed by atoms with van der Waals surface area (Å²) in [7, 11) is 0. The standard InChI is InChI=1S/C35H36N6O4/c1-34(2,3)23-17-21(18-29(32(23)43)40-36-25-11-7-8-12-26(25)37-40)15-16-31(42)45-22-19-24(35(4,5)6)33(44)30(20-22)41-38-27-13-9-10-14-28(27)39-41/h7-14,17-20,43-44H,15-16H2,1-6H3. The molecule has 2 N–H and O–H groups in total. The van der Waals surface area contributed by atoms with E-state index in [-0.39, 0.29) is 29.1 Å². The van der Waals surface area contributed by atoms with Crippen LogP contribution in [-0.2, 0) is 22.0 Å². The second-order valence-electron chi connectivity index (χ2n) is 13.3. The molecule has 2 heterocycles. The zero-order chi connectivity index (χ0) is 32.1. The minimum atomic E-state index is -0.453. The molecule has 0 bridgehead atoms. The SMILES string of the molecule is CC(C)(C)c1cc(CCC(=O)Oc2cc(-n3nc4ccccc4n3)c(O)c(C(C)(C)C)c2)cc(-n2nc3ccccc3n2)c1O. The van der Waals surface area contributed by atoms with E-state index in [2.05, 4.69) is 20.4 Å². The number of fused-ring (bicyclic) bond motifs is 2. The number of carbonyl (C=O) groups is 1. The Morgan fingerprint density at radius 1 is 0.667 bits per heavy atom. The molecule has 0 fully saturated rings. The first-order chi connectivity index (χ1) is 21.3. The third kappa shape index (κ3) is 5.95. The number of benzene rings is 4. The van der Waals surface area contributed by atoms with Gasteiger partial charge in [0.15, 0.2) is 0 Å². The highest BCUT2D eigenvalue weighted by atomic mass is 16.5. The molecule has 230 valence electrons. The van der Waals surface area contributed by atoms with Gasteiger partial charge in [0.25, 0.3) is 0 Å². The highest BCUT2D eigenvalue weighted by Gasteiger charge is 2.26. The fourth-order valence-electron chi connectivity index (χ4n) is 5.29. The van der Waals surface area contributed by atoms with Crippen molar-refractivity contribution in [1.82, 2.24) is 30.0 Å². The maximum Gasteiger partial charge on any atom is 0.311 e. The van der Waals surface area contributed by atoms with Crippen LogP contribution < -0.4 is 4.74 Å². The highest BCUT2D eigenvalue weighted by molar-refractivity contribution is 5.76. The number of aromatic hydroxyl groups is 2. The number of hydrogen-bond donors (Lipinski definition) is 2. The van der Waals surface area contributed by atoms with E-state index >= 15 is 0 Å². The summed E-state index contributed by atoms with van der Waals surface area (Å²) in [5.41, 5.74) is 4.87. The van der Waals surface area contributed by atoms with Crippen LogP contribution >= 0.6 is 0 Å². The van der Waals surface area contributed by atoms with E-state index in [1.165, 1.54) is 9.59 Å². The Morgan fingerprint density at radius 3 is 1.53 bits per heavy atom. The molecule has 0 radical (unpaired) electrons. The molecule has 2 aromatic heterocycles. The number of esters is 1. The molecule has 10 nitrogen and oxygen atoms in total. The molecule has 0 unspecified atom stereocenters. The third-order valence-electron chi connectivity index (χ3n) is 7.68. The minimum absolute atomic E-state index is 0.0221. The Bertz CT molecular complexity index is 2000. The van der Waals surface area contributed by atoms with Crippen molar-refractivity contribution in [2.45, 2.75) is 65.2 Å². The summed E-state index contributed by atoms with van der Waals surface area (Å²) in [6.45, 7) is 12.0. The molecule has 4 aromatic carbocycles. The lowest BCUT2D eigenvalue weighted by molar-refractivity contribution is -0.134. The van der Waals surface area contributed by atoms with Gasteiger partial charge in [0.2, 0.25) is 0 Å². The zero-order valence-corrected chi connectivity index (χ0v) is 26.2. The van der Waals surface area contributed by atoms with Gasteiger partial charge in [0.05, 0.1) is 0 Å². The maximum absolute atomic E-state index is 13.2. The van der Waals surface area contributed by atoms with Gasteiger partial charge in [-0.15, -0.1) is 30.0 Å². The molecule has 0 amide bonds. The van der Waals surface area contributed by atoms with Crippen LogP contribution in [0.3, 0.4) is 0 Å². The van der Waals surface area contributed by atoms with E-state index in [1.54, 1.807) is 18.2 Å². The van der Waals surface area contributed by atoms with Gasteiger partial charge in [-0.25, -0.2) is 0 Å². The zero-order valence-electron chi connectivity index (χ0n) is 26.2. The van der Waals surface area contributed by atoms with Gasteiger partial charge in [-0.05, 0) is 59.2 Å². The number of phenolic OH excluding ortho intramolecular Hbond substituents is 2. The Labute approximate surface area is 260 Å². The number of carbonyl (C=O) groups excluding carboxylic acids is 1. The summed E-state index contributed by atoms with van der Waals surface area (Å²) < 4.78 is 5.84. The van der Waals surface area contributed by atoms with E-state index in [4.69, 9.17) is 4.74 Å². The van der Waals surface area contributed by atoms with Gasteiger partial charge in [-0.1, -0.05) is 71.9 Å². The quantitative estimate of drug-likeness (QED) is 0.159. The topological polar surface area (TPSA) is 128 Å². The summed E-state index contributed by atoms with van der Waals surface area (Å²) >= 11 is 0. The summed E-state index contributed by atoms with van der Waals surface area (Å²) in [6, 6.07) is 21.9. The largest absolute Gasteiger partial charge is 0.505 e. The van der Waals surface area contributed by atoms with E-state index < -0.39 is 11.4 Å². The average molecular weight is 605 g/mol. The number of phenols is 2. The number of hydrogen-bond acceptors (Lipinski definition) is 8. The summed E-state index contributed by atoms with van der Waals surface area (Å²) in [6.07, 6.45) is 0.437. The van der Waals surface area contributed by atoms with Crippen LogP contribution in [-0.4, -0.2) is 46.2 Å². The fourth-order valence-corrected chi connectivity index (χ4v) is 5.29. The van der Waals surface area contributed by atoms with Crippen LogP contribution in [0.1, 0.15) is 64.7 Å². The lowest BCUT2D eigenvalue weighted by Crippen LogP contribution is -2.16. The first-order valence-electron chi connectivity index (χ1n) is 14.9. The van der Waals surface area contributed by atoms with Crippen molar-refractivity contribution in [3.8, 4) is 28.6 Å². The van der Waals surface area contributed by atoms with Crippen LogP contribution in [0.4, 0.5) is 0 Å². The van der Waals surface area contributed by atoms with Crippen LogP contribution in [0.25, 0.3) is 33.4 Å². The lowest BCUT2D eigenvalue weighted by Gasteiger charge is -2.23. The Kier molecular flexibility index (Phi) is 7.31. The molecule has 0 spiro atoms. The molecule has 0 saturated heterocycles. The fraction of sp³-hybridized carbons (Fsp3) is 0.286. The van der Waals surface area contributed by atoms with Crippen molar-refractivity contribution in [2.75, 3.05) is 0 Å². The Balaban J connectivity index is 1.29. The van der Waals surface area contributed by atoms with E-state index in [0.29, 0.717) is 45.4 Å². The number of rotatable bonds is 6. The maximum atomic E-state index is 13.2. The van der Waals surface area contributed by atoms with E-state index in [1.807, 2.05) is 96.1 Å². The van der Waals surface area contributed by atoms with Crippen molar-refractivity contribution in [3.05, 3.63) is 89.5 Å². The molecular formula is C35H36N6O4. The Morgan fingerprint density at radius 2 is 1.09 bits per heavy atom. The average Bonchev–Trinajstić information content (AvgIpc) is 3.60. The number of aryl methyl sites for hydroxylation is 1. The first kappa shape index (κ1) is 29.8. The monoisotopic (exact) mass is 604 g/mol. The van der Waals surface area contributed by atoms with Crippen molar-refractivity contribution in [2.24, 2.45) is 0 Å². The summed E-state index contributed by atoms with van der Waals surface area (Å²) in [5, 5.41) is 40.6. The highest BCUT2D eigenvalue weighted by Crippen LogP contribution is 2.39. The molecule has 0 saturated carbocycles. The van der Waals surface area contributed by atoms with Gasteiger partial charge in [0, 0.05) is 23.6 Å². The summed E-state index contributed by atoms with van der Waals surface area (Å²) in [4.78, 5) is 16.0. The van der Waals surface area contributed by atoms with E-state index in [9.17, 15) is 15.0 Å². The number of aromatic nitrogens is 6. The lowest BCUT2D eigenvalue weighted by atomic mass is 9.84. The van der Waals surface area contributed by atoms with Gasteiger partial charge in [-0.2, -0.15) is 0 Å². The molecule has 6 aromatic rings. The number of nitrogens with zero attached hydrogens (tertiary/aromatic N) is 6. The van der Waals surface area contributed by atoms with Crippen LogP contribution in [0.15, 0.2) is 72.8 Å². The van der Waals surface area contributed by atoms with Gasteiger partial charge >= 0.3 is 5.97 Å². The second kappa shape index (κ2) is 11.0. The number of ether oxygens (including phenoxy) is 1. The van der Waals surface area contributed by atoms with Crippen molar-refractivity contribution in [1.29, 1.82) is 0 Å². The van der Waals surface area contributed by atoms with Crippen LogP contribution in [0, 0.1) is 0 Å². The molecule has 0 aliphatic carbocycles. The predicted molar refractivity (Wildman–Crippen MR) is 172 cm³/mol. The Hall–Kier alpha value is -5.25. The van der Waals surface area contributed by atoms with Gasteiger partial charge in [-0.3, -0.25) is 4.79 Å². The third-order valence-corrected chi connectivity index (χ3v) is 7.68. The molecule has 6 rings (SSSR count). The molecular weight excluding hydrogens is 568 g/mol. The van der Waals surface area contributed by atoms with Crippen molar-refractivity contribution < 1.29 is 19.7 Å². The second-order valence-corrected chi connectivity index (χ2v) is 13.3. The predicted octanol–water partition coefficient (Wildman–Crippen LogP) is 6.70. The molecule has 0 aliphatic rings. The van der Waals surface area contributed by atoms with E-state index in [0.717, 1.165) is 11.1 Å². The van der Waals surface area contributed by atoms with Crippen molar-refractivity contribution in [3.63, 3.8) is 0 Å². The molecule has 45 heavy (non-hydrogen) atoms. The smallest absolute Gasteiger partial charge is 0.311 e. The van der Waals surface area contributed by atoms with Gasteiger partial charge in [0.1, 0.15) is 50.7 Å². The first-order valence-corrected chi connectivity index (χ1v) is 14.9. The minimum Gasteiger partial charge on any atom is -0.505 e. The molecule has 0 aliphatic heterocycles. The van der Waals surface area contributed by atoms with Gasteiger partial charge < -0.3 is 14.9 Å². The van der Waals surface area contributed by atoms with Crippen molar-refractivity contribution >= 4 is 28.0 Å². The molecule has 0 atom stereocenters. The van der Waals surface area contributed by atoms with Crippen LogP contribution in [0.2, 0.25) is 0 Å². The summed E-state index contributed by atoms with van der Waals surface area (Å²) in [5.74, 6) is -0.0394. The molecule has 10 heteroatoms.